The van der Waals surface area contributed by atoms with E-state index in [4.69, 9.17) is 9.15 Å². The number of para-hydroxylation sites is 1. The second-order valence-electron chi connectivity index (χ2n) is 7.94. The summed E-state index contributed by atoms with van der Waals surface area (Å²) in [5.41, 5.74) is 4.30. The first-order chi connectivity index (χ1) is 16.0. The molecule has 0 unspecified atom stereocenters. The summed E-state index contributed by atoms with van der Waals surface area (Å²) in [4.78, 5) is 19.2. The first-order valence-corrected chi connectivity index (χ1v) is 10.8. The van der Waals surface area contributed by atoms with Crippen LogP contribution >= 0.6 is 0 Å². The average Bonchev–Trinajstić information content (AvgIpc) is 3.22. The van der Waals surface area contributed by atoms with Gasteiger partial charge in [-0.1, -0.05) is 30.3 Å². The summed E-state index contributed by atoms with van der Waals surface area (Å²) in [6.07, 6.45) is 0. The van der Waals surface area contributed by atoms with Crippen molar-refractivity contribution in [2.24, 2.45) is 0 Å². The number of aromatic nitrogens is 1. The van der Waals surface area contributed by atoms with E-state index in [9.17, 15) is 4.79 Å². The van der Waals surface area contributed by atoms with E-state index in [1.54, 1.807) is 12.1 Å². The van der Waals surface area contributed by atoms with Crippen LogP contribution in [0.15, 0.2) is 83.3 Å². The third-order valence-corrected chi connectivity index (χ3v) is 5.31. The fraction of sp³-hybridized carbons (Fsp3) is 0.185. The molecule has 0 atom stereocenters. The zero-order valence-electron chi connectivity index (χ0n) is 19.0. The van der Waals surface area contributed by atoms with Gasteiger partial charge in [-0.2, -0.15) is 0 Å². The minimum Gasteiger partial charge on any atom is -0.487 e. The van der Waals surface area contributed by atoms with Gasteiger partial charge in [0, 0.05) is 37.5 Å². The number of benzene rings is 3. The van der Waals surface area contributed by atoms with Gasteiger partial charge in [-0.3, -0.25) is 4.79 Å². The third kappa shape index (κ3) is 5.60. The van der Waals surface area contributed by atoms with Crippen molar-refractivity contribution >= 4 is 11.6 Å². The Morgan fingerprint density at radius 1 is 0.970 bits per heavy atom. The van der Waals surface area contributed by atoms with Crippen molar-refractivity contribution in [3.8, 4) is 17.2 Å². The van der Waals surface area contributed by atoms with E-state index in [1.807, 2.05) is 92.6 Å². The lowest BCUT2D eigenvalue weighted by molar-refractivity contribution is 0.0951. The molecular formula is C27H27N3O3. The van der Waals surface area contributed by atoms with Crippen LogP contribution < -0.4 is 15.0 Å². The van der Waals surface area contributed by atoms with E-state index in [0.717, 1.165) is 28.3 Å². The lowest BCUT2D eigenvalue weighted by Crippen LogP contribution is -2.22. The molecule has 1 N–H and O–H groups in total. The molecule has 0 aliphatic heterocycles. The number of rotatable bonds is 8. The van der Waals surface area contributed by atoms with Crippen LogP contribution in [0.25, 0.3) is 11.5 Å². The van der Waals surface area contributed by atoms with Crippen LogP contribution in [0.1, 0.15) is 27.4 Å². The van der Waals surface area contributed by atoms with Gasteiger partial charge in [0.15, 0.2) is 0 Å². The minimum atomic E-state index is -0.126. The van der Waals surface area contributed by atoms with E-state index in [-0.39, 0.29) is 5.91 Å². The average molecular weight is 442 g/mol. The highest BCUT2D eigenvalue weighted by molar-refractivity contribution is 5.94. The SMILES string of the molecule is Cc1oc(-c2ccc(C(=O)NCc3ccc(N(C)C)cc3)cc2)nc1COc1ccccc1. The number of ether oxygens (including phenoxy) is 1. The van der Waals surface area contributed by atoms with E-state index in [2.05, 4.69) is 10.3 Å². The molecule has 0 bridgehead atoms. The molecule has 0 aliphatic rings. The number of carbonyl (C=O) groups excluding carboxylic acids is 1. The van der Waals surface area contributed by atoms with Crippen molar-refractivity contribution in [3.05, 3.63) is 101 Å². The standard InChI is InChI=1S/C27H27N3O3/c1-19-25(18-32-24-7-5-4-6-8-24)29-27(33-19)22-13-11-21(12-14-22)26(31)28-17-20-9-15-23(16-10-20)30(2)3/h4-16H,17-18H2,1-3H3,(H,28,31). The molecule has 0 radical (unpaired) electrons. The van der Waals surface area contributed by atoms with Crippen molar-refractivity contribution in [2.75, 3.05) is 19.0 Å². The molecular weight excluding hydrogens is 414 g/mol. The predicted molar refractivity (Wildman–Crippen MR) is 129 cm³/mol. The lowest BCUT2D eigenvalue weighted by Gasteiger charge is -2.13. The summed E-state index contributed by atoms with van der Waals surface area (Å²) < 4.78 is 11.6. The largest absolute Gasteiger partial charge is 0.487 e. The predicted octanol–water partition coefficient (Wildman–Crippen LogP) is 5.23. The number of carbonyl (C=O) groups is 1. The summed E-state index contributed by atoms with van der Waals surface area (Å²) in [6.45, 7) is 2.67. The second kappa shape index (κ2) is 10.0. The van der Waals surface area contributed by atoms with Gasteiger partial charge in [-0.25, -0.2) is 4.98 Å². The van der Waals surface area contributed by atoms with Crippen LogP contribution in [0.3, 0.4) is 0 Å². The maximum Gasteiger partial charge on any atom is 0.251 e. The summed E-state index contributed by atoms with van der Waals surface area (Å²) >= 11 is 0. The summed E-state index contributed by atoms with van der Waals surface area (Å²) in [5.74, 6) is 1.87. The number of aryl methyl sites for hydroxylation is 1. The maximum absolute atomic E-state index is 12.5. The molecule has 6 heteroatoms. The first kappa shape index (κ1) is 22.1. The zero-order chi connectivity index (χ0) is 23.2. The quantitative estimate of drug-likeness (QED) is 0.406. The van der Waals surface area contributed by atoms with Crippen molar-refractivity contribution in [2.45, 2.75) is 20.1 Å². The Bertz CT molecular complexity index is 1200. The number of hydrogen-bond donors (Lipinski definition) is 1. The van der Waals surface area contributed by atoms with Crippen LogP contribution in [-0.2, 0) is 13.2 Å². The molecule has 0 fully saturated rings. The maximum atomic E-state index is 12.5. The van der Waals surface area contributed by atoms with Gasteiger partial charge < -0.3 is 19.4 Å². The van der Waals surface area contributed by atoms with Crippen LogP contribution in [0.2, 0.25) is 0 Å². The first-order valence-electron chi connectivity index (χ1n) is 10.8. The Kier molecular flexibility index (Phi) is 6.74. The molecule has 1 amide bonds. The normalized spacial score (nSPS) is 10.6. The van der Waals surface area contributed by atoms with Crippen molar-refractivity contribution in [3.63, 3.8) is 0 Å². The smallest absolute Gasteiger partial charge is 0.251 e. The van der Waals surface area contributed by atoms with Crippen molar-refractivity contribution in [1.29, 1.82) is 0 Å². The molecule has 1 aromatic heterocycles. The van der Waals surface area contributed by atoms with Gasteiger partial charge in [-0.05, 0) is 61.0 Å². The van der Waals surface area contributed by atoms with Gasteiger partial charge in [0.1, 0.15) is 23.8 Å². The molecule has 0 saturated heterocycles. The zero-order valence-corrected chi connectivity index (χ0v) is 19.0. The van der Waals surface area contributed by atoms with Gasteiger partial charge in [0.2, 0.25) is 5.89 Å². The monoisotopic (exact) mass is 441 g/mol. The van der Waals surface area contributed by atoms with Crippen LogP contribution in [-0.4, -0.2) is 25.0 Å². The highest BCUT2D eigenvalue weighted by Crippen LogP contribution is 2.23. The highest BCUT2D eigenvalue weighted by atomic mass is 16.5. The molecule has 0 saturated carbocycles. The lowest BCUT2D eigenvalue weighted by atomic mass is 10.1. The minimum absolute atomic E-state index is 0.126. The Morgan fingerprint density at radius 3 is 2.33 bits per heavy atom. The van der Waals surface area contributed by atoms with Crippen molar-refractivity contribution < 1.29 is 13.9 Å². The fourth-order valence-electron chi connectivity index (χ4n) is 3.31. The number of hydrogen-bond acceptors (Lipinski definition) is 5. The number of oxazole rings is 1. The molecule has 6 nitrogen and oxygen atoms in total. The Hall–Kier alpha value is -4.06. The number of nitrogens with one attached hydrogen (secondary N) is 1. The fourth-order valence-corrected chi connectivity index (χ4v) is 3.31. The van der Waals surface area contributed by atoms with Crippen LogP contribution in [0.5, 0.6) is 5.75 Å². The Morgan fingerprint density at radius 2 is 1.67 bits per heavy atom. The Balaban J connectivity index is 1.36. The van der Waals surface area contributed by atoms with Gasteiger partial charge in [-0.15, -0.1) is 0 Å². The van der Waals surface area contributed by atoms with Gasteiger partial charge in [0.05, 0.1) is 0 Å². The number of anilines is 1. The number of amides is 1. The highest BCUT2D eigenvalue weighted by Gasteiger charge is 2.13. The third-order valence-electron chi connectivity index (χ3n) is 5.31. The molecule has 4 aromatic rings. The molecule has 3 aromatic carbocycles. The molecule has 0 spiro atoms. The van der Waals surface area contributed by atoms with E-state index >= 15 is 0 Å². The molecule has 33 heavy (non-hydrogen) atoms. The molecule has 1 heterocycles. The molecule has 0 aliphatic carbocycles. The van der Waals surface area contributed by atoms with Crippen LogP contribution in [0.4, 0.5) is 5.69 Å². The van der Waals surface area contributed by atoms with E-state index in [0.29, 0.717) is 30.4 Å². The summed E-state index contributed by atoms with van der Waals surface area (Å²) in [7, 11) is 4.00. The molecule has 4 rings (SSSR count). The van der Waals surface area contributed by atoms with E-state index < -0.39 is 0 Å². The van der Waals surface area contributed by atoms with Gasteiger partial charge in [0.25, 0.3) is 5.91 Å². The summed E-state index contributed by atoms with van der Waals surface area (Å²) in [5, 5.41) is 2.96. The van der Waals surface area contributed by atoms with Crippen LogP contribution in [0, 0.1) is 6.92 Å². The summed E-state index contributed by atoms with van der Waals surface area (Å²) in [6, 6.07) is 24.9. The topological polar surface area (TPSA) is 67.6 Å². The molecule has 168 valence electrons. The van der Waals surface area contributed by atoms with Crippen molar-refractivity contribution in [1.82, 2.24) is 10.3 Å². The second-order valence-corrected chi connectivity index (χ2v) is 7.94. The van der Waals surface area contributed by atoms with Gasteiger partial charge >= 0.3 is 0 Å². The Labute approximate surface area is 193 Å². The van der Waals surface area contributed by atoms with E-state index in [1.165, 1.54) is 0 Å². The number of nitrogens with zero attached hydrogens (tertiary/aromatic N) is 2.